The normalized spacial score (nSPS) is 15.7. The Labute approximate surface area is 232 Å². The molecule has 0 amide bonds. The molecule has 0 radical (unpaired) electrons. The third-order valence-corrected chi connectivity index (χ3v) is 7.83. The van der Waals surface area contributed by atoms with Crippen molar-refractivity contribution in [3.8, 4) is 11.5 Å². The van der Waals surface area contributed by atoms with Crippen LogP contribution in [-0.2, 0) is 35.5 Å². The maximum Gasteiger partial charge on any atom is 0.341 e. The first-order valence-corrected chi connectivity index (χ1v) is 14.2. The highest BCUT2D eigenvalue weighted by Crippen LogP contribution is 2.26. The quantitative estimate of drug-likeness (QED) is 0.280. The Morgan fingerprint density at radius 1 is 1.00 bits per heavy atom. The van der Waals surface area contributed by atoms with E-state index in [0.717, 1.165) is 12.0 Å². The molecule has 1 saturated heterocycles. The Morgan fingerprint density at radius 2 is 1.70 bits per heavy atom. The number of sulfonamides is 1. The summed E-state index contributed by atoms with van der Waals surface area (Å²) in [6.07, 6.45) is 1.22. The molecule has 0 spiro atoms. The number of nitrogens with one attached hydrogen (secondary N) is 2. The molecule has 0 bridgehead atoms. The van der Waals surface area contributed by atoms with Gasteiger partial charge in [0.05, 0.1) is 12.0 Å². The second kappa shape index (κ2) is 12.9. The maximum atomic E-state index is 13.1. The topological polar surface area (TPSA) is 137 Å². The van der Waals surface area contributed by atoms with E-state index in [0.29, 0.717) is 30.0 Å². The van der Waals surface area contributed by atoms with Crippen LogP contribution < -0.4 is 14.8 Å². The van der Waals surface area contributed by atoms with Crippen molar-refractivity contribution >= 4 is 27.9 Å². The molecule has 210 valence electrons. The molecule has 3 aromatic carbocycles. The van der Waals surface area contributed by atoms with Crippen LogP contribution >= 0.6 is 0 Å². The number of aryl methyl sites for hydroxylation is 1. The SMILES string of the molecule is COC(=O)c1ccccc1Oc1ccc(C[C@H](NS(=O)(=O)c2ccc(C)cc2)C(=O)OC(=O)[C@@H]2CCCN2)cc1. The van der Waals surface area contributed by atoms with E-state index in [1.807, 2.05) is 6.92 Å². The fourth-order valence-electron chi connectivity index (χ4n) is 4.16. The largest absolute Gasteiger partial charge is 0.465 e. The first kappa shape index (κ1) is 28.9. The van der Waals surface area contributed by atoms with E-state index >= 15 is 0 Å². The number of carbonyl (C=O) groups is 3. The van der Waals surface area contributed by atoms with Crippen LogP contribution in [0.3, 0.4) is 0 Å². The molecule has 0 aromatic heterocycles. The van der Waals surface area contributed by atoms with Gasteiger partial charge in [-0.25, -0.2) is 22.8 Å². The molecule has 0 aliphatic carbocycles. The van der Waals surface area contributed by atoms with Gasteiger partial charge in [-0.1, -0.05) is 42.0 Å². The van der Waals surface area contributed by atoms with Gasteiger partial charge in [-0.2, -0.15) is 4.72 Å². The minimum absolute atomic E-state index is 0.0206. The predicted molar refractivity (Wildman–Crippen MR) is 145 cm³/mol. The van der Waals surface area contributed by atoms with Crippen molar-refractivity contribution in [3.05, 3.63) is 89.5 Å². The molecule has 0 unspecified atom stereocenters. The van der Waals surface area contributed by atoms with Crippen molar-refractivity contribution in [1.82, 2.24) is 10.0 Å². The third-order valence-electron chi connectivity index (χ3n) is 6.34. The maximum absolute atomic E-state index is 13.1. The van der Waals surface area contributed by atoms with E-state index < -0.39 is 40.0 Å². The number of para-hydroxylation sites is 1. The van der Waals surface area contributed by atoms with Crippen LogP contribution in [0.1, 0.15) is 34.3 Å². The lowest BCUT2D eigenvalue weighted by Crippen LogP contribution is -2.45. The first-order valence-electron chi connectivity index (χ1n) is 12.7. The number of hydrogen-bond donors (Lipinski definition) is 2. The van der Waals surface area contributed by atoms with Gasteiger partial charge >= 0.3 is 17.9 Å². The Morgan fingerprint density at radius 3 is 2.35 bits per heavy atom. The second-order valence-corrected chi connectivity index (χ2v) is 11.0. The zero-order chi connectivity index (χ0) is 28.7. The number of esters is 3. The molecule has 40 heavy (non-hydrogen) atoms. The Hall–Kier alpha value is -4.06. The van der Waals surface area contributed by atoms with Crippen molar-refractivity contribution in [3.63, 3.8) is 0 Å². The van der Waals surface area contributed by atoms with Gasteiger partial charge in [0.15, 0.2) is 0 Å². The van der Waals surface area contributed by atoms with E-state index in [9.17, 15) is 22.8 Å². The molecule has 0 saturated carbocycles. The van der Waals surface area contributed by atoms with E-state index in [1.54, 1.807) is 60.7 Å². The van der Waals surface area contributed by atoms with E-state index in [4.69, 9.17) is 14.2 Å². The van der Waals surface area contributed by atoms with Crippen molar-refractivity contribution in [2.24, 2.45) is 0 Å². The molecule has 11 heteroatoms. The van der Waals surface area contributed by atoms with Crippen molar-refractivity contribution in [1.29, 1.82) is 0 Å². The minimum Gasteiger partial charge on any atom is -0.465 e. The molecule has 2 N–H and O–H groups in total. The lowest BCUT2D eigenvalue weighted by atomic mass is 10.1. The smallest absolute Gasteiger partial charge is 0.341 e. The lowest BCUT2D eigenvalue weighted by Gasteiger charge is -2.19. The number of hydrogen-bond acceptors (Lipinski definition) is 9. The lowest BCUT2D eigenvalue weighted by molar-refractivity contribution is -0.162. The molecular weight excluding hydrogens is 536 g/mol. The number of carbonyl (C=O) groups excluding carboxylic acids is 3. The van der Waals surface area contributed by atoms with Gasteiger partial charge < -0.3 is 19.5 Å². The van der Waals surface area contributed by atoms with Gasteiger partial charge in [-0.15, -0.1) is 0 Å². The van der Waals surface area contributed by atoms with Crippen LogP contribution in [0.4, 0.5) is 0 Å². The summed E-state index contributed by atoms with van der Waals surface area (Å²) in [4.78, 5) is 37.5. The van der Waals surface area contributed by atoms with Gasteiger partial charge in [0.1, 0.15) is 29.1 Å². The number of benzene rings is 3. The standard InChI is InChI=1S/C29H30N2O8S/c1-19-9-15-22(16-10-19)40(35,36)31-25(29(34)39-28(33)24-7-5-17-30-24)18-20-11-13-21(14-12-20)38-26-8-4-3-6-23(26)27(32)37-2/h3-4,6,8-16,24-25,30-31H,5,7,17-18H2,1-2H3/t24-,25-/m0/s1. The number of methoxy groups -OCH3 is 1. The van der Waals surface area contributed by atoms with Gasteiger partial charge in [0, 0.05) is 0 Å². The van der Waals surface area contributed by atoms with Crippen LogP contribution in [-0.4, -0.2) is 52.1 Å². The summed E-state index contributed by atoms with van der Waals surface area (Å²) in [6, 6.07) is 17.3. The molecule has 1 fully saturated rings. The monoisotopic (exact) mass is 566 g/mol. The van der Waals surface area contributed by atoms with Crippen LogP contribution in [0.15, 0.2) is 77.7 Å². The summed E-state index contributed by atoms with van der Waals surface area (Å²) in [5, 5.41) is 2.96. The van der Waals surface area contributed by atoms with Crippen molar-refractivity contribution in [2.75, 3.05) is 13.7 Å². The Bertz CT molecular complexity index is 1460. The van der Waals surface area contributed by atoms with Gasteiger partial charge in [0.25, 0.3) is 0 Å². The zero-order valence-corrected chi connectivity index (χ0v) is 22.9. The summed E-state index contributed by atoms with van der Waals surface area (Å²) in [5.74, 6) is -1.58. The summed E-state index contributed by atoms with van der Waals surface area (Å²) in [7, 11) is -2.83. The minimum atomic E-state index is -4.11. The van der Waals surface area contributed by atoms with Crippen LogP contribution in [0.2, 0.25) is 0 Å². The molecule has 3 aromatic rings. The molecule has 1 heterocycles. The van der Waals surface area contributed by atoms with Gasteiger partial charge in [-0.05, 0) is 74.7 Å². The fraction of sp³-hybridized carbons (Fsp3) is 0.276. The van der Waals surface area contributed by atoms with Gasteiger partial charge in [-0.3, -0.25) is 0 Å². The highest BCUT2D eigenvalue weighted by molar-refractivity contribution is 7.89. The number of rotatable bonds is 10. The van der Waals surface area contributed by atoms with Crippen molar-refractivity contribution in [2.45, 2.75) is 43.2 Å². The average Bonchev–Trinajstić information content (AvgIpc) is 3.49. The van der Waals surface area contributed by atoms with Crippen molar-refractivity contribution < 1.29 is 37.0 Å². The molecule has 4 rings (SSSR count). The van der Waals surface area contributed by atoms with Gasteiger partial charge in [0.2, 0.25) is 10.0 Å². The van der Waals surface area contributed by atoms with E-state index in [1.165, 1.54) is 19.2 Å². The zero-order valence-electron chi connectivity index (χ0n) is 22.1. The molecule has 1 aliphatic rings. The van der Waals surface area contributed by atoms with Crippen LogP contribution in [0.5, 0.6) is 11.5 Å². The molecular formula is C29H30N2O8S. The van der Waals surface area contributed by atoms with Crippen LogP contribution in [0, 0.1) is 6.92 Å². The fourth-order valence-corrected chi connectivity index (χ4v) is 5.35. The molecule has 2 atom stereocenters. The predicted octanol–water partition coefficient (Wildman–Crippen LogP) is 3.29. The summed E-state index contributed by atoms with van der Waals surface area (Å²) >= 11 is 0. The summed E-state index contributed by atoms with van der Waals surface area (Å²) in [6.45, 7) is 2.46. The molecule has 1 aliphatic heterocycles. The van der Waals surface area contributed by atoms with E-state index in [-0.39, 0.29) is 16.9 Å². The summed E-state index contributed by atoms with van der Waals surface area (Å²) in [5.41, 5.74) is 1.71. The third kappa shape index (κ3) is 7.32. The van der Waals surface area contributed by atoms with E-state index in [2.05, 4.69) is 10.0 Å². The Kier molecular flexibility index (Phi) is 9.30. The second-order valence-electron chi connectivity index (χ2n) is 9.31. The molecule has 10 nitrogen and oxygen atoms in total. The summed E-state index contributed by atoms with van der Waals surface area (Å²) < 4.78 is 44.3. The number of ether oxygens (including phenoxy) is 3. The highest BCUT2D eigenvalue weighted by Gasteiger charge is 2.32. The highest BCUT2D eigenvalue weighted by atomic mass is 32.2. The van der Waals surface area contributed by atoms with Crippen LogP contribution in [0.25, 0.3) is 0 Å². The first-order chi connectivity index (χ1) is 19.2. The average molecular weight is 567 g/mol. The Balaban J connectivity index is 1.52.